The highest BCUT2D eigenvalue weighted by Gasteiger charge is 2.23. The average Bonchev–Trinajstić information content (AvgIpc) is 2.42. The lowest BCUT2D eigenvalue weighted by molar-refractivity contribution is -0.132. The summed E-state index contributed by atoms with van der Waals surface area (Å²) in [5, 5.41) is 8.65. The minimum absolute atomic E-state index is 0.135. The number of hydrogen-bond donors (Lipinski definition) is 1. The van der Waals surface area contributed by atoms with Crippen molar-refractivity contribution in [2.75, 3.05) is 6.54 Å². The Hall–Kier alpha value is -1.91. The van der Waals surface area contributed by atoms with Gasteiger partial charge in [-0.2, -0.15) is 4.99 Å². The van der Waals surface area contributed by atoms with Crippen molar-refractivity contribution in [3.8, 4) is 0 Å². The first-order valence-electron chi connectivity index (χ1n) is 3.68. The van der Waals surface area contributed by atoms with Crippen LogP contribution < -0.4 is 0 Å². The monoisotopic (exact) mass is 178 g/mol. The lowest BCUT2D eigenvalue weighted by Crippen LogP contribution is -2.25. The van der Waals surface area contributed by atoms with E-state index in [0.29, 0.717) is 5.84 Å². The molecule has 0 aliphatic carbocycles. The number of carboxylic acids is 1. The van der Waals surface area contributed by atoms with Crippen LogP contribution in [0.3, 0.4) is 0 Å². The third-order valence-corrected chi connectivity index (χ3v) is 1.79. The number of amidine groups is 1. The summed E-state index contributed by atoms with van der Waals surface area (Å²) in [4.78, 5) is 26.6. The smallest absolute Gasteiger partial charge is 0.337 e. The Morgan fingerprint density at radius 3 is 3.00 bits per heavy atom. The third kappa shape index (κ3) is 1.24. The maximum absolute atomic E-state index is 10.8. The Morgan fingerprint density at radius 1 is 1.54 bits per heavy atom. The van der Waals surface area contributed by atoms with Crippen LogP contribution in [0.15, 0.2) is 28.9 Å². The van der Waals surface area contributed by atoms with Crippen molar-refractivity contribution in [2.24, 2.45) is 4.99 Å². The van der Waals surface area contributed by atoms with Crippen molar-refractivity contribution < 1.29 is 14.7 Å². The van der Waals surface area contributed by atoms with Crippen LogP contribution in [0.25, 0.3) is 0 Å². The maximum Gasteiger partial charge on any atom is 0.337 e. The van der Waals surface area contributed by atoms with Gasteiger partial charge in [0.15, 0.2) is 0 Å². The molecule has 66 valence electrons. The molecule has 0 aromatic carbocycles. The molecule has 0 spiro atoms. The van der Waals surface area contributed by atoms with Gasteiger partial charge >= 0.3 is 5.97 Å². The fourth-order valence-electron chi connectivity index (χ4n) is 1.20. The van der Waals surface area contributed by atoms with E-state index >= 15 is 0 Å². The third-order valence-electron chi connectivity index (χ3n) is 1.79. The Morgan fingerprint density at radius 2 is 2.31 bits per heavy atom. The minimum atomic E-state index is -1.00. The molecule has 0 radical (unpaired) electrons. The summed E-state index contributed by atoms with van der Waals surface area (Å²) >= 11 is 0. The van der Waals surface area contributed by atoms with Crippen molar-refractivity contribution in [1.82, 2.24) is 4.90 Å². The molecule has 0 bridgehead atoms. The predicted octanol–water partition coefficient (Wildman–Crippen LogP) is -0.235. The van der Waals surface area contributed by atoms with E-state index in [1.165, 1.54) is 23.3 Å². The van der Waals surface area contributed by atoms with Gasteiger partial charge in [-0.3, -0.25) is 4.79 Å². The van der Waals surface area contributed by atoms with E-state index in [4.69, 9.17) is 5.11 Å². The Labute approximate surface area is 73.7 Å². The molecule has 0 fully saturated rings. The number of rotatable bonds is 1. The molecule has 2 aliphatic heterocycles. The first-order valence-corrected chi connectivity index (χ1v) is 3.68. The minimum Gasteiger partial charge on any atom is -0.478 e. The maximum atomic E-state index is 10.8. The van der Waals surface area contributed by atoms with Crippen LogP contribution in [-0.2, 0) is 9.59 Å². The molecular formula is C8H6N2O3. The first-order chi connectivity index (χ1) is 6.16. The van der Waals surface area contributed by atoms with Crippen LogP contribution in [0.5, 0.6) is 0 Å². The molecule has 0 saturated heterocycles. The summed E-state index contributed by atoms with van der Waals surface area (Å²) in [5.41, 5.74) is 0.161. The van der Waals surface area contributed by atoms with Crippen molar-refractivity contribution in [1.29, 1.82) is 0 Å². The van der Waals surface area contributed by atoms with E-state index in [1.807, 2.05) is 0 Å². The number of aliphatic imine (C=N–C) groups is 1. The number of nitrogens with zero attached hydrogens (tertiary/aromatic N) is 2. The van der Waals surface area contributed by atoms with E-state index in [-0.39, 0.29) is 18.0 Å². The lowest BCUT2D eigenvalue weighted by atomic mass is 10.2. The molecule has 0 aromatic heterocycles. The van der Waals surface area contributed by atoms with Crippen LogP contribution in [0.2, 0.25) is 0 Å². The summed E-state index contributed by atoms with van der Waals surface area (Å²) < 4.78 is 0. The van der Waals surface area contributed by atoms with Crippen LogP contribution in [-0.4, -0.2) is 34.3 Å². The molecule has 5 heteroatoms. The fourth-order valence-corrected chi connectivity index (χ4v) is 1.20. The number of fused-ring (bicyclic) bond motifs is 1. The number of amides is 1. The Bertz CT molecular complexity index is 379. The molecule has 1 amide bonds. The van der Waals surface area contributed by atoms with Gasteiger partial charge in [-0.1, -0.05) is 0 Å². The molecule has 0 aromatic rings. The van der Waals surface area contributed by atoms with Gasteiger partial charge in [-0.05, 0) is 12.2 Å². The zero-order valence-electron chi connectivity index (χ0n) is 6.60. The molecule has 0 atom stereocenters. The van der Waals surface area contributed by atoms with Gasteiger partial charge in [0.2, 0.25) is 0 Å². The molecule has 2 heterocycles. The topological polar surface area (TPSA) is 70.0 Å². The van der Waals surface area contributed by atoms with Gasteiger partial charge in [0.05, 0.1) is 5.57 Å². The molecule has 0 unspecified atom stereocenters. The second-order valence-electron chi connectivity index (χ2n) is 2.71. The van der Waals surface area contributed by atoms with Crippen LogP contribution >= 0.6 is 0 Å². The Balaban J connectivity index is 2.32. The van der Waals surface area contributed by atoms with E-state index in [0.717, 1.165) is 0 Å². The highest BCUT2D eigenvalue weighted by atomic mass is 16.4. The van der Waals surface area contributed by atoms with Gasteiger partial charge < -0.3 is 10.0 Å². The number of aliphatic carboxylic acids is 1. The van der Waals surface area contributed by atoms with Gasteiger partial charge in [-0.15, -0.1) is 0 Å². The van der Waals surface area contributed by atoms with Crippen LogP contribution in [0.4, 0.5) is 0 Å². The normalized spacial score (nSPS) is 19.7. The first kappa shape index (κ1) is 7.72. The SMILES string of the molecule is O=C1CN2C=C(C(=O)O)C=CC2=N1. The standard InChI is InChI=1S/C8H6N2O3/c11-7-4-10-3-5(8(12)13)1-2-6(10)9-7/h1-3H,4H2,(H,12,13). The largest absolute Gasteiger partial charge is 0.478 e. The summed E-state index contributed by atoms with van der Waals surface area (Å²) in [6.07, 6.45) is 4.36. The van der Waals surface area contributed by atoms with Gasteiger partial charge in [0.25, 0.3) is 5.91 Å². The molecule has 0 saturated carbocycles. The molecule has 2 rings (SSSR count). The molecular weight excluding hydrogens is 172 g/mol. The van der Waals surface area contributed by atoms with E-state index in [2.05, 4.69) is 4.99 Å². The van der Waals surface area contributed by atoms with Crippen LogP contribution in [0, 0.1) is 0 Å². The number of carbonyl (C=O) groups excluding carboxylic acids is 1. The molecule has 2 aliphatic rings. The molecule has 5 nitrogen and oxygen atoms in total. The van der Waals surface area contributed by atoms with E-state index in [1.54, 1.807) is 0 Å². The number of hydrogen-bond acceptors (Lipinski definition) is 3. The van der Waals surface area contributed by atoms with Crippen LogP contribution in [0.1, 0.15) is 0 Å². The fraction of sp³-hybridized carbons (Fsp3) is 0.125. The summed E-state index contributed by atoms with van der Waals surface area (Å²) in [6.45, 7) is 0.135. The van der Waals surface area contributed by atoms with Crippen molar-refractivity contribution in [2.45, 2.75) is 0 Å². The van der Waals surface area contributed by atoms with Crippen molar-refractivity contribution >= 4 is 17.7 Å². The lowest BCUT2D eigenvalue weighted by Gasteiger charge is -2.15. The predicted molar refractivity (Wildman–Crippen MR) is 44.0 cm³/mol. The second-order valence-corrected chi connectivity index (χ2v) is 2.71. The molecule has 13 heavy (non-hydrogen) atoms. The highest BCUT2D eigenvalue weighted by Crippen LogP contribution is 2.14. The molecule has 1 N–H and O–H groups in total. The highest BCUT2D eigenvalue weighted by molar-refractivity contribution is 6.10. The summed E-state index contributed by atoms with van der Waals surface area (Å²) in [5.74, 6) is -0.743. The zero-order chi connectivity index (χ0) is 9.42. The Kier molecular flexibility index (Phi) is 1.51. The van der Waals surface area contributed by atoms with E-state index in [9.17, 15) is 9.59 Å². The number of carbonyl (C=O) groups is 2. The second kappa shape index (κ2) is 2.55. The summed E-state index contributed by atoms with van der Waals surface area (Å²) in [7, 11) is 0. The zero-order valence-corrected chi connectivity index (χ0v) is 6.60. The van der Waals surface area contributed by atoms with Gasteiger partial charge in [-0.25, -0.2) is 4.79 Å². The quantitative estimate of drug-likeness (QED) is 0.601. The van der Waals surface area contributed by atoms with Crippen molar-refractivity contribution in [3.63, 3.8) is 0 Å². The average molecular weight is 178 g/mol. The van der Waals surface area contributed by atoms with Crippen molar-refractivity contribution in [3.05, 3.63) is 23.9 Å². The van der Waals surface area contributed by atoms with Gasteiger partial charge in [0.1, 0.15) is 12.4 Å². The summed E-state index contributed by atoms with van der Waals surface area (Å²) in [6, 6.07) is 0. The number of carboxylic acid groups (broad SMARTS) is 1. The van der Waals surface area contributed by atoms with Gasteiger partial charge in [0, 0.05) is 6.20 Å². The van der Waals surface area contributed by atoms with E-state index < -0.39 is 5.97 Å².